The summed E-state index contributed by atoms with van der Waals surface area (Å²) >= 11 is 0. The van der Waals surface area contributed by atoms with Crippen molar-refractivity contribution in [3.63, 3.8) is 0 Å². The second kappa shape index (κ2) is 7.25. The van der Waals surface area contributed by atoms with Crippen LogP contribution >= 0.6 is 0 Å². The number of hydrogen-bond acceptors (Lipinski definition) is 4. The van der Waals surface area contributed by atoms with E-state index in [4.69, 9.17) is 4.52 Å². The average Bonchev–Trinajstić information content (AvgIpc) is 3.12. The summed E-state index contributed by atoms with van der Waals surface area (Å²) in [5.74, 6) is -0.452. The maximum absolute atomic E-state index is 13.2. The van der Waals surface area contributed by atoms with E-state index in [2.05, 4.69) is 15.5 Å². The average molecular weight is 339 g/mol. The lowest BCUT2D eigenvalue weighted by Gasteiger charge is -2.18. The summed E-state index contributed by atoms with van der Waals surface area (Å²) in [6.07, 6.45) is 1.64. The van der Waals surface area contributed by atoms with E-state index in [9.17, 15) is 9.18 Å². The molecule has 6 heteroatoms. The molecule has 2 heterocycles. The maximum atomic E-state index is 13.2. The van der Waals surface area contributed by atoms with Crippen molar-refractivity contribution in [2.24, 2.45) is 0 Å². The van der Waals surface area contributed by atoms with E-state index in [-0.39, 0.29) is 17.5 Å². The number of aromatic nitrogens is 2. The Morgan fingerprint density at radius 3 is 2.48 bits per heavy atom. The van der Waals surface area contributed by atoms with Crippen LogP contribution in [0.3, 0.4) is 0 Å². The summed E-state index contributed by atoms with van der Waals surface area (Å²) in [5, 5.41) is 6.78. The summed E-state index contributed by atoms with van der Waals surface area (Å²) in [4.78, 5) is 16.9. The van der Waals surface area contributed by atoms with Crippen molar-refractivity contribution in [3.05, 3.63) is 83.3 Å². The van der Waals surface area contributed by atoms with Gasteiger partial charge in [-0.3, -0.25) is 9.78 Å². The van der Waals surface area contributed by atoms with E-state index in [0.717, 1.165) is 5.56 Å². The van der Waals surface area contributed by atoms with Crippen molar-refractivity contribution in [1.82, 2.24) is 15.5 Å². The van der Waals surface area contributed by atoms with Gasteiger partial charge in [0.15, 0.2) is 0 Å². The summed E-state index contributed by atoms with van der Waals surface area (Å²) in [7, 11) is 0. The SMILES string of the molecule is CC(C)c1cc(C(=O)N[C@H](c2ccc(F)cc2)c2ccccn2)on1. The first-order chi connectivity index (χ1) is 12.0. The van der Waals surface area contributed by atoms with Gasteiger partial charge in [0.2, 0.25) is 5.76 Å². The van der Waals surface area contributed by atoms with Crippen LogP contribution in [0.2, 0.25) is 0 Å². The highest BCUT2D eigenvalue weighted by Crippen LogP contribution is 2.22. The fraction of sp³-hybridized carbons (Fsp3) is 0.211. The van der Waals surface area contributed by atoms with Crippen LogP contribution in [0.4, 0.5) is 4.39 Å². The molecule has 0 saturated carbocycles. The highest BCUT2D eigenvalue weighted by Gasteiger charge is 2.22. The van der Waals surface area contributed by atoms with E-state index in [0.29, 0.717) is 11.4 Å². The number of hydrogen-bond donors (Lipinski definition) is 1. The molecule has 5 nitrogen and oxygen atoms in total. The molecule has 0 aliphatic carbocycles. The van der Waals surface area contributed by atoms with E-state index in [1.807, 2.05) is 19.9 Å². The van der Waals surface area contributed by atoms with Gasteiger partial charge in [-0.25, -0.2) is 4.39 Å². The zero-order valence-corrected chi connectivity index (χ0v) is 13.9. The molecule has 128 valence electrons. The number of carbonyl (C=O) groups is 1. The molecule has 0 radical (unpaired) electrons. The molecular weight excluding hydrogens is 321 g/mol. The maximum Gasteiger partial charge on any atom is 0.290 e. The predicted octanol–water partition coefficient (Wildman–Crippen LogP) is 3.85. The first kappa shape index (κ1) is 16.8. The molecule has 1 aromatic carbocycles. The van der Waals surface area contributed by atoms with Gasteiger partial charge in [0.1, 0.15) is 5.82 Å². The fourth-order valence-electron chi connectivity index (χ4n) is 2.40. The van der Waals surface area contributed by atoms with Crippen molar-refractivity contribution in [3.8, 4) is 0 Å². The smallest absolute Gasteiger partial charge is 0.290 e. The third-order valence-corrected chi connectivity index (χ3v) is 3.81. The molecule has 3 rings (SSSR count). The first-order valence-electron chi connectivity index (χ1n) is 7.98. The lowest BCUT2D eigenvalue weighted by Crippen LogP contribution is -2.29. The number of nitrogens with zero attached hydrogens (tertiary/aromatic N) is 2. The lowest BCUT2D eigenvalue weighted by atomic mass is 10.0. The minimum Gasteiger partial charge on any atom is -0.351 e. The van der Waals surface area contributed by atoms with Crippen LogP contribution in [0, 0.1) is 5.82 Å². The Morgan fingerprint density at radius 2 is 1.88 bits per heavy atom. The predicted molar refractivity (Wildman–Crippen MR) is 90.5 cm³/mol. The third kappa shape index (κ3) is 3.91. The standard InChI is InChI=1S/C19H18FN3O2/c1-12(2)16-11-17(25-23-16)19(24)22-18(15-5-3-4-10-21-15)13-6-8-14(20)9-7-13/h3-12,18H,1-2H3,(H,22,24)/t18-/m1/s1. The Kier molecular flexibility index (Phi) is 4.88. The summed E-state index contributed by atoms with van der Waals surface area (Å²) < 4.78 is 18.4. The highest BCUT2D eigenvalue weighted by atomic mass is 19.1. The topological polar surface area (TPSA) is 68.0 Å². The van der Waals surface area contributed by atoms with Gasteiger partial charge in [0.25, 0.3) is 5.91 Å². The van der Waals surface area contributed by atoms with E-state index < -0.39 is 11.9 Å². The van der Waals surface area contributed by atoms with Crippen LogP contribution in [-0.2, 0) is 0 Å². The zero-order chi connectivity index (χ0) is 17.8. The van der Waals surface area contributed by atoms with Crippen LogP contribution in [0.25, 0.3) is 0 Å². The van der Waals surface area contributed by atoms with Gasteiger partial charge in [-0.15, -0.1) is 0 Å². The Balaban J connectivity index is 1.89. The molecule has 0 unspecified atom stereocenters. The van der Waals surface area contributed by atoms with Crippen LogP contribution < -0.4 is 5.32 Å². The number of carbonyl (C=O) groups excluding carboxylic acids is 1. The number of amides is 1. The van der Waals surface area contributed by atoms with E-state index in [1.165, 1.54) is 12.1 Å². The molecule has 0 aliphatic rings. The molecule has 3 aromatic rings. The van der Waals surface area contributed by atoms with Gasteiger partial charge in [0.05, 0.1) is 17.4 Å². The molecule has 0 saturated heterocycles. The van der Waals surface area contributed by atoms with Crippen molar-refractivity contribution in [2.45, 2.75) is 25.8 Å². The monoisotopic (exact) mass is 339 g/mol. The molecule has 2 aromatic heterocycles. The largest absolute Gasteiger partial charge is 0.351 e. The van der Waals surface area contributed by atoms with Crippen LogP contribution in [0.15, 0.2) is 59.3 Å². The van der Waals surface area contributed by atoms with Crippen molar-refractivity contribution in [1.29, 1.82) is 0 Å². The van der Waals surface area contributed by atoms with E-state index in [1.54, 1.807) is 36.5 Å². The number of pyridine rings is 1. The van der Waals surface area contributed by atoms with Crippen molar-refractivity contribution < 1.29 is 13.7 Å². The van der Waals surface area contributed by atoms with E-state index >= 15 is 0 Å². The van der Waals surface area contributed by atoms with Gasteiger partial charge in [-0.1, -0.05) is 37.2 Å². The quantitative estimate of drug-likeness (QED) is 0.766. The Hall–Kier alpha value is -3.02. The Morgan fingerprint density at radius 1 is 1.12 bits per heavy atom. The lowest BCUT2D eigenvalue weighted by molar-refractivity contribution is 0.0905. The fourth-order valence-corrected chi connectivity index (χ4v) is 2.40. The normalized spacial score (nSPS) is 12.2. The minimum absolute atomic E-state index is 0.131. The summed E-state index contributed by atoms with van der Waals surface area (Å²) in [5.41, 5.74) is 2.07. The minimum atomic E-state index is -0.526. The summed E-state index contributed by atoms with van der Waals surface area (Å²) in [6.45, 7) is 3.93. The van der Waals surface area contributed by atoms with Crippen molar-refractivity contribution in [2.75, 3.05) is 0 Å². The van der Waals surface area contributed by atoms with Crippen LogP contribution in [0.1, 0.15) is 53.3 Å². The Bertz CT molecular complexity index is 845. The first-order valence-corrected chi connectivity index (χ1v) is 7.98. The third-order valence-electron chi connectivity index (χ3n) is 3.81. The molecule has 0 aliphatic heterocycles. The van der Waals surface area contributed by atoms with Gasteiger partial charge in [-0.2, -0.15) is 0 Å². The van der Waals surface area contributed by atoms with Gasteiger partial charge in [0, 0.05) is 12.3 Å². The van der Waals surface area contributed by atoms with Gasteiger partial charge >= 0.3 is 0 Å². The molecule has 1 amide bonds. The summed E-state index contributed by atoms with van der Waals surface area (Å²) in [6, 6.07) is 12.5. The van der Waals surface area contributed by atoms with Crippen LogP contribution in [-0.4, -0.2) is 16.0 Å². The molecule has 1 atom stereocenters. The van der Waals surface area contributed by atoms with Gasteiger partial charge in [-0.05, 0) is 35.7 Å². The van der Waals surface area contributed by atoms with Crippen LogP contribution in [0.5, 0.6) is 0 Å². The van der Waals surface area contributed by atoms with Crippen molar-refractivity contribution >= 4 is 5.91 Å². The molecule has 0 spiro atoms. The number of rotatable bonds is 5. The molecule has 25 heavy (non-hydrogen) atoms. The zero-order valence-electron chi connectivity index (χ0n) is 13.9. The Labute approximate surface area is 144 Å². The van der Waals surface area contributed by atoms with Gasteiger partial charge < -0.3 is 9.84 Å². The molecule has 0 bridgehead atoms. The number of benzene rings is 1. The molecule has 1 N–H and O–H groups in total. The second-order valence-corrected chi connectivity index (χ2v) is 5.98. The molecule has 0 fully saturated rings. The highest BCUT2D eigenvalue weighted by molar-refractivity contribution is 5.92. The number of halogens is 1. The molecular formula is C19H18FN3O2. The number of nitrogens with one attached hydrogen (secondary N) is 1. The second-order valence-electron chi connectivity index (χ2n) is 5.98.